The van der Waals surface area contributed by atoms with Gasteiger partial charge in [-0.2, -0.15) is 5.10 Å². The maximum Gasteiger partial charge on any atom is 0.161 e. The largest absolute Gasteiger partial charge is 0.493 e. The fraction of sp³-hybridized carbons (Fsp3) is 0.471. The summed E-state index contributed by atoms with van der Waals surface area (Å²) in [4.78, 5) is 0. The highest BCUT2D eigenvalue weighted by Gasteiger charge is 2.07. The topological polar surface area (TPSA) is 68.5 Å². The molecule has 6 nitrogen and oxygen atoms in total. The third-order valence-electron chi connectivity index (χ3n) is 3.26. The van der Waals surface area contributed by atoms with Crippen LogP contribution in [0.1, 0.15) is 19.4 Å². The molecule has 2 aromatic rings. The minimum Gasteiger partial charge on any atom is -0.493 e. The highest BCUT2D eigenvalue weighted by atomic mass is 16.5. The SMILES string of the molecule is COc1ccc(CNc2cnn(CCO)c2)cc1OCC(C)C. The van der Waals surface area contributed by atoms with Crippen LogP contribution in [0.3, 0.4) is 0 Å². The van der Waals surface area contributed by atoms with E-state index in [0.29, 0.717) is 25.6 Å². The van der Waals surface area contributed by atoms with E-state index >= 15 is 0 Å². The zero-order valence-corrected chi connectivity index (χ0v) is 14.0. The number of rotatable bonds is 9. The Morgan fingerprint density at radius 3 is 2.83 bits per heavy atom. The second-order valence-corrected chi connectivity index (χ2v) is 5.76. The van der Waals surface area contributed by atoms with Crippen LogP contribution in [-0.2, 0) is 13.1 Å². The molecule has 0 atom stereocenters. The average Bonchev–Trinajstić information content (AvgIpc) is 2.99. The molecule has 0 saturated heterocycles. The molecule has 0 amide bonds. The number of nitrogens with one attached hydrogen (secondary N) is 1. The Morgan fingerprint density at radius 2 is 2.13 bits per heavy atom. The van der Waals surface area contributed by atoms with Crippen molar-refractivity contribution in [1.82, 2.24) is 9.78 Å². The van der Waals surface area contributed by atoms with Crippen molar-refractivity contribution in [2.75, 3.05) is 25.6 Å². The lowest BCUT2D eigenvalue weighted by atomic mass is 10.2. The smallest absolute Gasteiger partial charge is 0.161 e. The van der Waals surface area contributed by atoms with Gasteiger partial charge in [0, 0.05) is 12.7 Å². The predicted molar refractivity (Wildman–Crippen MR) is 90.0 cm³/mol. The van der Waals surface area contributed by atoms with Gasteiger partial charge in [-0.1, -0.05) is 19.9 Å². The van der Waals surface area contributed by atoms with Gasteiger partial charge >= 0.3 is 0 Å². The average molecular weight is 319 g/mol. The molecule has 1 aromatic carbocycles. The number of aliphatic hydroxyl groups excluding tert-OH is 1. The molecular formula is C17H25N3O3. The highest BCUT2D eigenvalue weighted by molar-refractivity contribution is 5.45. The molecule has 0 unspecified atom stereocenters. The van der Waals surface area contributed by atoms with Crippen LogP contribution < -0.4 is 14.8 Å². The number of aliphatic hydroxyl groups is 1. The van der Waals surface area contributed by atoms with E-state index in [9.17, 15) is 0 Å². The van der Waals surface area contributed by atoms with Gasteiger partial charge in [0.25, 0.3) is 0 Å². The number of anilines is 1. The van der Waals surface area contributed by atoms with Gasteiger partial charge in [-0.3, -0.25) is 4.68 Å². The third-order valence-corrected chi connectivity index (χ3v) is 3.26. The van der Waals surface area contributed by atoms with Crippen molar-refractivity contribution in [2.24, 2.45) is 5.92 Å². The Balaban J connectivity index is 1.99. The number of nitrogens with zero attached hydrogens (tertiary/aromatic N) is 2. The molecule has 0 fully saturated rings. The third kappa shape index (κ3) is 5.17. The number of aromatic nitrogens is 2. The summed E-state index contributed by atoms with van der Waals surface area (Å²) in [7, 11) is 1.64. The van der Waals surface area contributed by atoms with Gasteiger partial charge in [-0.05, 0) is 23.6 Å². The molecule has 0 aliphatic carbocycles. The van der Waals surface area contributed by atoms with Crippen LogP contribution in [0.15, 0.2) is 30.6 Å². The summed E-state index contributed by atoms with van der Waals surface area (Å²) < 4.78 is 12.9. The first-order valence-electron chi connectivity index (χ1n) is 7.79. The van der Waals surface area contributed by atoms with Crippen molar-refractivity contribution in [3.8, 4) is 11.5 Å². The van der Waals surface area contributed by atoms with Crippen LogP contribution in [0.25, 0.3) is 0 Å². The quantitative estimate of drug-likeness (QED) is 0.743. The molecule has 0 bridgehead atoms. The van der Waals surface area contributed by atoms with Crippen LogP contribution in [-0.4, -0.2) is 35.2 Å². The molecule has 126 valence electrons. The van der Waals surface area contributed by atoms with Crippen molar-refractivity contribution in [1.29, 1.82) is 0 Å². The maximum atomic E-state index is 8.90. The number of ether oxygens (including phenoxy) is 2. The van der Waals surface area contributed by atoms with Crippen LogP contribution in [0, 0.1) is 5.92 Å². The molecule has 0 spiro atoms. The predicted octanol–water partition coefficient (Wildman–Crippen LogP) is 2.53. The van der Waals surface area contributed by atoms with Crippen molar-refractivity contribution in [3.05, 3.63) is 36.2 Å². The van der Waals surface area contributed by atoms with E-state index in [1.807, 2.05) is 24.4 Å². The Labute approximate surface area is 137 Å². The molecule has 0 aliphatic rings. The first-order chi connectivity index (χ1) is 11.1. The van der Waals surface area contributed by atoms with Gasteiger partial charge in [0.05, 0.1) is 38.8 Å². The summed E-state index contributed by atoms with van der Waals surface area (Å²) in [6.45, 7) is 6.12. The van der Waals surface area contributed by atoms with E-state index in [0.717, 1.165) is 22.7 Å². The number of hydrogen-bond acceptors (Lipinski definition) is 5. The lowest BCUT2D eigenvalue weighted by Crippen LogP contribution is -2.06. The summed E-state index contributed by atoms with van der Waals surface area (Å²) in [6.07, 6.45) is 3.62. The van der Waals surface area contributed by atoms with Gasteiger partial charge in [0.15, 0.2) is 11.5 Å². The molecule has 1 aromatic heterocycles. The van der Waals surface area contributed by atoms with Crippen molar-refractivity contribution < 1.29 is 14.6 Å². The van der Waals surface area contributed by atoms with Crippen molar-refractivity contribution >= 4 is 5.69 Å². The summed E-state index contributed by atoms with van der Waals surface area (Å²) >= 11 is 0. The van der Waals surface area contributed by atoms with Crippen LogP contribution in [0.5, 0.6) is 11.5 Å². The molecule has 0 saturated carbocycles. The van der Waals surface area contributed by atoms with Gasteiger partial charge in [0.1, 0.15) is 0 Å². The van der Waals surface area contributed by atoms with Crippen molar-refractivity contribution in [2.45, 2.75) is 26.9 Å². The second-order valence-electron chi connectivity index (χ2n) is 5.76. The standard InChI is InChI=1S/C17H25N3O3/c1-13(2)12-23-17-8-14(4-5-16(17)22-3)9-18-15-10-19-20(11-15)6-7-21/h4-5,8,10-11,13,18,21H,6-7,9,12H2,1-3H3. The van der Waals surface area contributed by atoms with Crippen LogP contribution in [0.4, 0.5) is 5.69 Å². The van der Waals surface area contributed by atoms with E-state index in [-0.39, 0.29) is 6.61 Å². The molecule has 2 N–H and O–H groups in total. The van der Waals surface area contributed by atoms with Gasteiger partial charge in [0.2, 0.25) is 0 Å². The number of hydrogen-bond donors (Lipinski definition) is 2. The Bertz CT molecular complexity index is 611. The van der Waals surface area contributed by atoms with Crippen molar-refractivity contribution in [3.63, 3.8) is 0 Å². The van der Waals surface area contributed by atoms with Gasteiger partial charge < -0.3 is 19.9 Å². The Kier molecular flexibility index (Phi) is 6.29. The van der Waals surface area contributed by atoms with Crippen LogP contribution in [0.2, 0.25) is 0 Å². The normalized spacial score (nSPS) is 10.8. The molecule has 23 heavy (non-hydrogen) atoms. The summed E-state index contributed by atoms with van der Waals surface area (Å²) in [6, 6.07) is 5.92. The minimum absolute atomic E-state index is 0.0795. The Morgan fingerprint density at radius 1 is 1.30 bits per heavy atom. The number of methoxy groups -OCH3 is 1. The first kappa shape index (κ1) is 17.1. The van der Waals surface area contributed by atoms with Gasteiger partial charge in [-0.25, -0.2) is 0 Å². The zero-order valence-electron chi connectivity index (χ0n) is 14.0. The summed E-state index contributed by atoms with van der Waals surface area (Å²) in [5, 5.41) is 16.4. The molecule has 2 rings (SSSR count). The van der Waals surface area contributed by atoms with E-state index < -0.39 is 0 Å². The zero-order chi connectivity index (χ0) is 16.7. The fourth-order valence-corrected chi connectivity index (χ4v) is 2.08. The van der Waals surface area contributed by atoms with Gasteiger partial charge in [-0.15, -0.1) is 0 Å². The maximum absolute atomic E-state index is 8.90. The van der Waals surface area contributed by atoms with E-state index in [1.54, 1.807) is 18.0 Å². The molecular weight excluding hydrogens is 294 g/mol. The lowest BCUT2D eigenvalue weighted by Gasteiger charge is -2.14. The highest BCUT2D eigenvalue weighted by Crippen LogP contribution is 2.28. The molecule has 0 aliphatic heterocycles. The minimum atomic E-state index is 0.0795. The van der Waals surface area contributed by atoms with Crippen LogP contribution >= 0.6 is 0 Å². The fourth-order valence-electron chi connectivity index (χ4n) is 2.08. The first-order valence-corrected chi connectivity index (χ1v) is 7.79. The second kappa shape index (κ2) is 8.43. The number of benzene rings is 1. The molecule has 0 radical (unpaired) electrons. The molecule has 6 heteroatoms. The van der Waals surface area contributed by atoms with E-state index in [1.165, 1.54) is 0 Å². The summed E-state index contributed by atoms with van der Waals surface area (Å²) in [5.41, 5.74) is 2.01. The monoisotopic (exact) mass is 319 g/mol. The van der Waals surface area contributed by atoms with E-state index in [2.05, 4.69) is 24.3 Å². The lowest BCUT2D eigenvalue weighted by molar-refractivity contribution is 0.256. The molecule has 1 heterocycles. The van der Waals surface area contributed by atoms with E-state index in [4.69, 9.17) is 14.6 Å². The Hall–Kier alpha value is -2.21. The summed E-state index contributed by atoms with van der Waals surface area (Å²) in [5.74, 6) is 1.96.